The van der Waals surface area contributed by atoms with Crippen molar-refractivity contribution in [1.82, 2.24) is 0 Å². The summed E-state index contributed by atoms with van der Waals surface area (Å²) in [5.74, 6) is 0. The number of halogens is 1. The number of allylic oxidation sites excluding steroid dienone is 1. The maximum atomic E-state index is 5.95. The fourth-order valence-corrected chi connectivity index (χ4v) is 1.08. The van der Waals surface area contributed by atoms with Crippen LogP contribution in [0.15, 0.2) is 30.0 Å². The fourth-order valence-electron chi connectivity index (χ4n) is 0.955. The summed E-state index contributed by atoms with van der Waals surface area (Å²) in [6, 6.07) is 7.65. The largest absolute Gasteiger partial charge is 0.402 e. The van der Waals surface area contributed by atoms with Gasteiger partial charge in [0, 0.05) is 16.1 Å². The lowest BCUT2D eigenvalue weighted by Gasteiger charge is -2.18. The third-order valence-corrected chi connectivity index (χ3v) is 2.31. The summed E-state index contributed by atoms with van der Waals surface area (Å²) in [7, 11) is 0. The average Bonchev–Trinajstić information content (AvgIpc) is 2.07. The summed E-state index contributed by atoms with van der Waals surface area (Å²) in [6.45, 7) is 6.28. The van der Waals surface area contributed by atoms with Crippen molar-refractivity contribution in [2.45, 2.75) is 20.8 Å². The van der Waals surface area contributed by atoms with Gasteiger partial charge in [-0.15, -0.1) is 0 Å². The quantitative estimate of drug-likeness (QED) is 0.750. The van der Waals surface area contributed by atoms with Crippen molar-refractivity contribution in [3.8, 4) is 0 Å². The van der Waals surface area contributed by atoms with Gasteiger partial charge >= 0.3 is 0 Å². The summed E-state index contributed by atoms with van der Waals surface area (Å²) >= 11 is 5.79. The van der Waals surface area contributed by atoms with Crippen LogP contribution < -0.4 is 5.73 Å². The van der Waals surface area contributed by atoms with Crippen LogP contribution in [0, 0.1) is 5.41 Å². The van der Waals surface area contributed by atoms with Gasteiger partial charge in [0.05, 0.1) is 0 Å². The Hall–Kier alpha value is -0.950. The first-order valence-electron chi connectivity index (χ1n) is 4.63. The molecule has 0 saturated carbocycles. The van der Waals surface area contributed by atoms with Crippen LogP contribution in [-0.2, 0) is 0 Å². The molecule has 0 saturated heterocycles. The monoisotopic (exact) mass is 209 g/mol. The second-order valence-electron chi connectivity index (χ2n) is 4.40. The Morgan fingerprint density at radius 1 is 1.21 bits per heavy atom. The minimum absolute atomic E-state index is 0.0135. The molecule has 1 nitrogen and oxygen atoms in total. The van der Waals surface area contributed by atoms with Crippen LogP contribution in [-0.4, -0.2) is 0 Å². The highest BCUT2D eigenvalue weighted by Crippen LogP contribution is 2.23. The zero-order chi connectivity index (χ0) is 10.8. The molecule has 0 fully saturated rings. The van der Waals surface area contributed by atoms with E-state index in [1.165, 1.54) is 0 Å². The highest BCUT2D eigenvalue weighted by atomic mass is 35.5. The molecule has 0 aromatic heterocycles. The smallest absolute Gasteiger partial charge is 0.0406 e. The van der Waals surface area contributed by atoms with Crippen LogP contribution in [0.3, 0.4) is 0 Å². The number of benzene rings is 1. The first kappa shape index (κ1) is 11.1. The van der Waals surface area contributed by atoms with Gasteiger partial charge in [-0.3, -0.25) is 0 Å². The van der Waals surface area contributed by atoms with Crippen LogP contribution in [0.5, 0.6) is 0 Å². The standard InChI is InChI=1S/C12H16ClN/c1-12(2,3)11(14)8-9-4-6-10(13)7-5-9/h4-8H,14H2,1-3H3/b11-8+. The molecule has 0 atom stereocenters. The molecule has 0 bridgehead atoms. The van der Waals surface area contributed by atoms with E-state index >= 15 is 0 Å². The number of rotatable bonds is 1. The highest BCUT2D eigenvalue weighted by Gasteiger charge is 2.12. The summed E-state index contributed by atoms with van der Waals surface area (Å²) in [5, 5.41) is 0.747. The van der Waals surface area contributed by atoms with Crippen molar-refractivity contribution in [3.63, 3.8) is 0 Å². The molecule has 0 unspecified atom stereocenters. The minimum atomic E-state index is 0.0135. The lowest BCUT2D eigenvalue weighted by molar-refractivity contribution is 0.501. The van der Waals surface area contributed by atoms with Crippen molar-refractivity contribution >= 4 is 17.7 Å². The Kier molecular flexibility index (Phi) is 3.22. The van der Waals surface area contributed by atoms with E-state index in [9.17, 15) is 0 Å². The maximum absolute atomic E-state index is 5.95. The molecule has 0 radical (unpaired) electrons. The molecule has 0 heterocycles. The summed E-state index contributed by atoms with van der Waals surface area (Å²) in [5.41, 5.74) is 7.92. The van der Waals surface area contributed by atoms with Gasteiger partial charge in [-0.1, -0.05) is 44.5 Å². The normalized spacial score (nSPS) is 13.0. The number of hydrogen-bond acceptors (Lipinski definition) is 1. The molecule has 2 N–H and O–H groups in total. The van der Waals surface area contributed by atoms with Crippen LogP contribution in [0.4, 0.5) is 0 Å². The molecule has 1 aromatic carbocycles. The summed E-state index contributed by atoms with van der Waals surface area (Å²) < 4.78 is 0. The predicted octanol–water partition coefficient (Wildman–Crippen LogP) is 3.69. The van der Waals surface area contributed by atoms with Crippen molar-refractivity contribution in [2.75, 3.05) is 0 Å². The lowest BCUT2D eigenvalue weighted by Crippen LogP contribution is -2.16. The minimum Gasteiger partial charge on any atom is -0.402 e. The molecule has 0 amide bonds. The van der Waals surface area contributed by atoms with E-state index in [0.717, 1.165) is 16.3 Å². The van der Waals surface area contributed by atoms with Crippen LogP contribution in [0.1, 0.15) is 26.3 Å². The van der Waals surface area contributed by atoms with Crippen molar-refractivity contribution in [2.24, 2.45) is 11.1 Å². The van der Waals surface area contributed by atoms with E-state index in [1.807, 2.05) is 30.3 Å². The Bertz CT molecular complexity index is 330. The number of hydrogen-bond donors (Lipinski definition) is 1. The van der Waals surface area contributed by atoms with E-state index in [4.69, 9.17) is 17.3 Å². The van der Waals surface area contributed by atoms with E-state index in [-0.39, 0.29) is 5.41 Å². The van der Waals surface area contributed by atoms with Gasteiger partial charge in [0.2, 0.25) is 0 Å². The molecule has 0 aliphatic heterocycles. The molecule has 1 aromatic rings. The zero-order valence-corrected chi connectivity index (χ0v) is 9.60. The second-order valence-corrected chi connectivity index (χ2v) is 4.84. The van der Waals surface area contributed by atoms with E-state index in [1.54, 1.807) is 0 Å². The molecule has 2 heteroatoms. The van der Waals surface area contributed by atoms with Crippen LogP contribution in [0.2, 0.25) is 5.02 Å². The van der Waals surface area contributed by atoms with Crippen LogP contribution in [0.25, 0.3) is 6.08 Å². The molecular formula is C12H16ClN. The summed E-state index contributed by atoms with van der Waals surface area (Å²) in [6.07, 6.45) is 1.98. The Morgan fingerprint density at radius 2 is 1.71 bits per heavy atom. The van der Waals surface area contributed by atoms with Crippen molar-refractivity contribution < 1.29 is 0 Å². The topological polar surface area (TPSA) is 26.0 Å². The van der Waals surface area contributed by atoms with Gasteiger partial charge in [0.15, 0.2) is 0 Å². The molecule has 0 aliphatic carbocycles. The van der Waals surface area contributed by atoms with Crippen molar-refractivity contribution in [1.29, 1.82) is 0 Å². The average molecular weight is 210 g/mol. The van der Waals surface area contributed by atoms with Gasteiger partial charge in [0.25, 0.3) is 0 Å². The molecule has 0 aliphatic rings. The first-order chi connectivity index (χ1) is 6.39. The molecule has 14 heavy (non-hydrogen) atoms. The Morgan fingerprint density at radius 3 is 2.14 bits per heavy atom. The summed E-state index contributed by atoms with van der Waals surface area (Å²) in [4.78, 5) is 0. The third-order valence-electron chi connectivity index (χ3n) is 2.06. The van der Waals surface area contributed by atoms with Crippen LogP contribution >= 0.6 is 11.6 Å². The van der Waals surface area contributed by atoms with Gasteiger partial charge in [-0.05, 0) is 23.8 Å². The van der Waals surface area contributed by atoms with Gasteiger partial charge in [-0.2, -0.15) is 0 Å². The number of nitrogens with two attached hydrogens (primary N) is 1. The maximum Gasteiger partial charge on any atom is 0.0406 e. The second kappa shape index (κ2) is 4.05. The molecular weight excluding hydrogens is 194 g/mol. The predicted molar refractivity (Wildman–Crippen MR) is 63.1 cm³/mol. The van der Waals surface area contributed by atoms with E-state index in [0.29, 0.717) is 0 Å². The zero-order valence-electron chi connectivity index (χ0n) is 8.84. The van der Waals surface area contributed by atoms with Gasteiger partial charge < -0.3 is 5.73 Å². The highest BCUT2D eigenvalue weighted by molar-refractivity contribution is 6.30. The van der Waals surface area contributed by atoms with Crippen molar-refractivity contribution in [3.05, 3.63) is 40.5 Å². The first-order valence-corrected chi connectivity index (χ1v) is 5.00. The third kappa shape index (κ3) is 3.08. The molecule has 0 spiro atoms. The SMILES string of the molecule is CC(C)(C)/C(N)=C\c1ccc(Cl)cc1. The fraction of sp³-hybridized carbons (Fsp3) is 0.333. The lowest BCUT2D eigenvalue weighted by atomic mass is 9.91. The van der Waals surface area contributed by atoms with E-state index in [2.05, 4.69) is 20.8 Å². The Labute approximate surface area is 90.6 Å². The van der Waals surface area contributed by atoms with Gasteiger partial charge in [0.1, 0.15) is 0 Å². The Balaban J connectivity index is 2.93. The van der Waals surface area contributed by atoms with E-state index < -0.39 is 0 Å². The molecule has 1 rings (SSSR count). The van der Waals surface area contributed by atoms with Gasteiger partial charge in [-0.25, -0.2) is 0 Å². The molecule has 76 valence electrons.